The number of nitrogens with zero attached hydrogens (tertiary/aromatic N) is 3. The Morgan fingerprint density at radius 3 is 2.40 bits per heavy atom. The van der Waals surface area contributed by atoms with Crippen LogP contribution in [0.4, 0.5) is 0 Å². The zero-order valence-electron chi connectivity index (χ0n) is 14.2. The van der Waals surface area contributed by atoms with Gasteiger partial charge in [-0.3, -0.25) is 9.59 Å². The molecule has 1 unspecified atom stereocenters. The summed E-state index contributed by atoms with van der Waals surface area (Å²) in [6.45, 7) is 2.95. The van der Waals surface area contributed by atoms with Gasteiger partial charge in [0.15, 0.2) is 9.84 Å². The maximum absolute atomic E-state index is 12.5. The van der Waals surface area contributed by atoms with Crippen LogP contribution < -0.4 is 0 Å². The van der Waals surface area contributed by atoms with Crippen LogP contribution >= 0.6 is 0 Å². The Morgan fingerprint density at radius 1 is 1.32 bits per heavy atom. The van der Waals surface area contributed by atoms with E-state index in [4.69, 9.17) is 5.11 Å². The molecule has 1 atom stereocenters. The van der Waals surface area contributed by atoms with Crippen molar-refractivity contribution in [2.24, 2.45) is 5.92 Å². The van der Waals surface area contributed by atoms with Crippen molar-refractivity contribution in [2.45, 2.75) is 32.2 Å². The summed E-state index contributed by atoms with van der Waals surface area (Å²) in [4.78, 5) is 26.8. The number of amides is 1. The highest BCUT2D eigenvalue weighted by Crippen LogP contribution is 2.21. The molecule has 2 aliphatic heterocycles. The van der Waals surface area contributed by atoms with Crippen LogP contribution in [0.1, 0.15) is 26.2 Å². The van der Waals surface area contributed by atoms with Crippen LogP contribution in [0, 0.1) is 17.2 Å². The molecule has 0 aromatic rings. The van der Waals surface area contributed by atoms with Gasteiger partial charge in [0.1, 0.15) is 11.6 Å². The predicted octanol–water partition coefficient (Wildman–Crippen LogP) is 0.226. The number of piperidine rings is 1. The van der Waals surface area contributed by atoms with Crippen LogP contribution in [0.3, 0.4) is 0 Å². The lowest BCUT2D eigenvalue weighted by atomic mass is 9.97. The summed E-state index contributed by atoms with van der Waals surface area (Å²) in [5, 5.41) is 18.4. The second-order valence-electron chi connectivity index (χ2n) is 6.45. The number of nitriles is 1. The first-order valence-electron chi connectivity index (χ1n) is 8.37. The van der Waals surface area contributed by atoms with Crippen molar-refractivity contribution in [3.05, 3.63) is 11.8 Å². The molecule has 2 saturated heterocycles. The van der Waals surface area contributed by atoms with Gasteiger partial charge in [0, 0.05) is 31.9 Å². The monoisotopic (exact) mass is 369 g/mol. The van der Waals surface area contributed by atoms with Gasteiger partial charge in [-0.25, -0.2) is 8.42 Å². The SMILES string of the molecule is CCN(/C=C(/C#N)C(=O)N1CCC(C(=O)O)CC1)C1CCS(=O)(=O)C1. The lowest BCUT2D eigenvalue weighted by Gasteiger charge is -2.31. The lowest BCUT2D eigenvalue weighted by molar-refractivity contribution is -0.145. The zero-order valence-corrected chi connectivity index (χ0v) is 15.0. The van der Waals surface area contributed by atoms with E-state index in [1.807, 2.05) is 13.0 Å². The van der Waals surface area contributed by atoms with Gasteiger partial charge in [0.25, 0.3) is 5.91 Å². The van der Waals surface area contributed by atoms with E-state index in [-0.39, 0.29) is 23.1 Å². The van der Waals surface area contributed by atoms with Crippen molar-refractivity contribution in [3.8, 4) is 6.07 Å². The minimum atomic E-state index is -3.05. The summed E-state index contributed by atoms with van der Waals surface area (Å²) in [6, 6.07) is 1.69. The molecule has 25 heavy (non-hydrogen) atoms. The fourth-order valence-electron chi connectivity index (χ4n) is 3.29. The molecule has 1 N–H and O–H groups in total. The highest BCUT2D eigenvalue weighted by molar-refractivity contribution is 7.91. The van der Waals surface area contributed by atoms with E-state index in [9.17, 15) is 23.3 Å². The first kappa shape index (κ1) is 19.2. The van der Waals surface area contributed by atoms with Crippen molar-refractivity contribution >= 4 is 21.7 Å². The molecule has 2 fully saturated rings. The van der Waals surface area contributed by atoms with E-state index in [2.05, 4.69) is 0 Å². The van der Waals surface area contributed by atoms with Crippen LogP contribution in [0.2, 0.25) is 0 Å². The molecule has 1 amide bonds. The molecule has 0 radical (unpaired) electrons. The highest BCUT2D eigenvalue weighted by Gasteiger charge is 2.32. The molecule has 0 spiro atoms. The standard InChI is InChI=1S/C16H23N3O5S/c1-2-18(14-5-8-25(23,24)11-14)10-13(9-17)15(20)19-6-3-12(4-7-19)16(21)22/h10,12,14H,2-8,11H2,1H3,(H,21,22)/b13-10-. The number of carbonyl (C=O) groups excluding carboxylic acids is 1. The predicted molar refractivity (Wildman–Crippen MR) is 90.1 cm³/mol. The first-order chi connectivity index (χ1) is 11.8. The van der Waals surface area contributed by atoms with Crippen molar-refractivity contribution in [3.63, 3.8) is 0 Å². The number of aliphatic carboxylic acids is 1. The van der Waals surface area contributed by atoms with Gasteiger partial charge in [-0.1, -0.05) is 0 Å². The molecule has 0 saturated carbocycles. The summed E-state index contributed by atoms with van der Waals surface area (Å²) in [5.41, 5.74) is -0.0417. The fraction of sp³-hybridized carbons (Fsp3) is 0.688. The largest absolute Gasteiger partial charge is 0.481 e. The molecule has 2 aliphatic rings. The van der Waals surface area contributed by atoms with Crippen LogP contribution in [-0.4, -0.2) is 72.4 Å². The summed E-state index contributed by atoms with van der Waals surface area (Å²) < 4.78 is 23.3. The van der Waals surface area contributed by atoms with Crippen LogP contribution in [-0.2, 0) is 19.4 Å². The van der Waals surface area contributed by atoms with E-state index in [0.29, 0.717) is 38.9 Å². The summed E-state index contributed by atoms with van der Waals surface area (Å²) >= 11 is 0. The molecule has 0 aromatic heterocycles. The Kier molecular flexibility index (Phi) is 6.06. The van der Waals surface area contributed by atoms with E-state index in [1.54, 1.807) is 4.90 Å². The Hall–Kier alpha value is -2.08. The molecule has 0 aliphatic carbocycles. The van der Waals surface area contributed by atoms with E-state index in [1.165, 1.54) is 11.1 Å². The van der Waals surface area contributed by atoms with Gasteiger partial charge in [0.05, 0.1) is 17.4 Å². The minimum absolute atomic E-state index is 0.0360. The molecule has 0 aromatic carbocycles. The third kappa shape index (κ3) is 4.72. The topological polar surface area (TPSA) is 119 Å². The first-order valence-corrected chi connectivity index (χ1v) is 10.2. The molecular weight excluding hydrogens is 346 g/mol. The van der Waals surface area contributed by atoms with E-state index < -0.39 is 27.6 Å². The maximum Gasteiger partial charge on any atom is 0.306 e. The number of sulfone groups is 1. The lowest BCUT2D eigenvalue weighted by Crippen LogP contribution is -2.41. The Labute approximate surface area is 147 Å². The summed E-state index contributed by atoms with van der Waals surface area (Å²) in [6.07, 6.45) is 2.69. The molecule has 138 valence electrons. The fourth-order valence-corrected chi connectivity index (χ4v) is 5.03. The Balaban J connectivity index is 2.07. The number of carboxylic acid groups (broad SMARTS) is 1. The van der Waals surface area contributed by atoms with Gasteiger partial charge in [-0.2, -0.15) is 5.26 Å². The number of hydrogen-bond acceptors (Lipinski definition) is 6. The van der Waals surface area contributed by atoms with Crippen molar-refractivity contribution in [1.82, 2.24) is 9.80 Å². The van der Waals surface area contributed by atoms with Crippen LogP contribution in [0.25, 0.3) is 0 Å². The third-order valence-electron chi connectivity index (χ3n) is 4.82. The smallest absolute Gasteiger partial charge is 0.306 e. The van der Waals surface area contributed by atoms with E-state index in [0.717, 1.165) is 0 Å². The van der Waals surface area contributed by atoms with Gasteiger partial charge >= 0.3 is 5.97 Å². The third-order valence-corrected chi connectivity index (χ3v) is 6.57. The average Bonchev–Trinajstić information content (AvgIpc) is 2.95. The van der Waals surface area contributed by atoms with Crippen LogP contribution in [0.5, 0.6) is 0 Å². The summed E-state index contributed by atoms with van der Waals surface area (Å²) in [7, 11) is -3.05. The normalized spacial score (nSPS) is 23.9. The minimum Gasteiger partial charge on any atom is -0.481 e. The number of hydrogen-bond donors (Lipinski definition) is 1. The molecular formula is C16H23N3O5S. The highest BCUT2D eigenvalue weighted by atomic mass is 32.2. The van der Waals surface area contributed by atoms with Crippen molar-refractivity contribution < 1.29 is 23.1 Å². The van der Waals surface area contributed by atoms with Crippen molar-refractivity contribution in [2.75, 3.05) is 31.1 Å². The maximum atomic E-state index is 12.5. The number of carbonyl (C=O) groups is 2. The second kappa shape index (κ2) is 7.87. The number of rotatable bonds is 5. The molecule has 2 rings (SSSR count). The molecule has 0 bridgehead atoms. The van der Waals surface area contributed by atoms with Gasteiger partial charge in [-0.15, -0.1) is 0 Å². The Morgan fingerprint density at radius 2 is 1.96 bits per heavy atom. The second-order valence-corrected chi connectivity index (χ2v) is 8.68. The molecule has 9 heteroatoms. The quantitative estimate of drug-likeness (QED) is 0.544. The average molecular weight is 369 g/mol. The molecule has 8 nitrogen and oxygen atoms in total. The van der Waals surface area contributed by atoms with Crippen molar-refractivity contribution in [1.29, 1.82) is 5.26 Å². The zero-order chi connectivity index (χ0) is 18.6. The van der Waals surface area contributed by atoms with Crippen LogP contribution in [0.15, 0.2) is 11.8 Å². The summed E-state index contributed by atoms with van der Waals surface area (Å²) in [5.74, 6) is -1.57. The van der Waals surface area contributed by atoms with Gasteiger partial charge in [0.2, 0.25) is 0 Å². The van der Waals surface area contributed by atoms with Gasteiger partial charge in [-0.05, 0) is 26.2 Å². The Bertz CT molecular complexity index is 702. The van der Waals surface area contributed by atoms with E-state index >= 15 is 0 Å². The molecule has 2 heterocycles. The number of carboxylic acids is 1. The number of likely N-dealkylation sites (tertiary alicyclic amines) is 1. The van der Waals surface area contributed by atoms with Gasteiger partial charge < -0.3 is 14.9 Å².